The third-order valence-electron chi connectivity index (χ3n) is 3.30. The molecule has 0 radical (unpaired) electrons. The highest BCUT2D eigenvalue weighted by molar-refractivity contribution is 7.99. The normalized spacial score (nSPS) is 10.5. The fraction of sp³-hybridized carbons (Fsp3) is 0.316. The van der Waals surface area contributed by atoms with Gasteiger partial charge in [0.15, 0.2) is 0 Å². The number of para-hydroxylation sites is 1. The monoisotopic (exact) mass is 363 g/mol. The summed E-state index contributed by atoms with van der Waals surface area (Å²) >= 11 is 7.61. The van der Waals surface area contributed by atoms with E-state index in [2.05, 4.69) is 37.4 Å². The molecular formula is C19H22ClNO2S. The molecule has 128 valence electrons. The molecule has 0 aliphatic heterocycles. The van der Waals surface area contributed by atoms with Crippen molar-refractivity contribution in [2.75, 3.05) is 18.9 Å². The smallest absolute Gasteiger partial charge is 0.230 e. The lowest BCUT2D eigenvalue weighted by Gasteiger charge is -2.09. The summed E-state index contributed by atoms with van der Waals surface area (Å²) in [6, 6.07) is 13.8. The first-order valence-corrected chi connectivity index (χ1v) is 9.37. The zero-order chi connectivity index (χ0) is 17.4. The summed E-state index contributed by atoms with van der Waals surface area (Å²) in [6.45, 7) is 5.05. The quantitative estimate of drug-likeness (QED) is 0.707. The Morgan fingerprint density at radius 1 is 1.17 bits per heavy atom. The van der Waals surface area contributed by atoms with E-state index in [1.165, 1.54) is 16.7 Å². The van der Waals surface area contributed by atoms with E-state index in [9.17, 15) is 4.79 Å². The maximum atomic E-state index is 11.8. The highest BCUT2D eigenvalue weighted by atomic mass is 35.5. The molecule has 0 bridgehead atoms. The number of hydrogen-bond donors (Lipinski definition) is 1. The molecule has 0 atom stereocenters. The average Bonchev–Trinajstić information content (AvgIpc) is 2.52. The van der Waals surface area contributed by atoms with E-state index in [1.54, 1.807) is 17.8 Å². The topological polar surface area (TPSA) is 38.3 Å². The van der Waals surface area contributed by atoms with Gasteiger partial charge in [-0.05, 0) is 31.5 Å². The minimum absolute atomic E-state index is 0.0205. The maximum absolute atomic E-state index is 11.8. The second-order valence-corrected chi connectivity index (χ2v) is 7.01. The van der Waals surface area contributed by atoms with Gasteiger partial charge >= 0.3 is 0 Å². The van der Waals surface area contributed by atoms with Crippen LogP contribution in [-0.2, 0) is 10.5 Å². The van der Waals surface area contributed by atoms with Crippen molar-refractivity contribution in [2.45, 2.75) is 19.6 Å². The van der Waals surface area contributed by atoms with E-state index in [1.807, 2.05) is 18.2 Å². The number of ether oxygens (including phenoxy) is 1. The minimum Gasteiger partial charge on any atom is -0.490 e. The van der Waals surface area contributed by atoms with Crippen LogP contribution in [-0.4, -0.2) is 24.8 Å². The number of carbonyl (C=O) groups excluding carboxylic acids is 1. The molecule has 24 heavy (non-hydrogen) atoms. The summed E-state index contributed by atoms with van der Waals surface area (Å²) in [5, 5.41) is 3.43. The van der Waals surface area contributed by atoms with Gasteiger partial charge in [-0.15, -0.1) is 11.8 Å². The Hall–Kier alpha value is -1.65. The number of hydrogen-bond acceptors (Lipinski definition) is 3. The second kappa shape index (κ2) is 9.60. The van der Waals surface area contributed by atoms with Crippen molar-refractivity contribution in [3.8, 4) is 5.75 Å². The van der Waals surface area contributed by atoms with Crippen molar-refractivity contribution < 1.29 is 9.53 Å². The van der Waals surface area contributed by atoms with E-state index < -0.39 is 0 Å². The molecule has 5 heteroatoms. The summed E-state index contributed by atoms with van der Waals surface area (Å²) in [5.41, 5.74) is 3.77. The van der Waals surface area contributed by atoms with Crippen LogP contribution >= 0.6 is 23.4 Å². The Kier molecular flexibility index (Phi) is 7.47. The van der Waals surface area contributed by atoms with Gasteiger partial charge in [-0.3, -0.25) is 4.79 Å². The predicted molar refractivity (Wildman–Crippen MR) is 102 cm³/mol. The molecule has 0 unspecified atom stereocenters. The molecule has 0 saturated heterocycles. The van der Waals surface area contributed by atoms with Gasteiger partial charge in [-0.1, -0.05) is 53.1 Å². The summed E-state index contributed by atoms with van der Waals surface area (Å²) in [7, 11) is 0. The fourth-order valence-corrected chi connectivity index (χ4v) is 3.36. The van der Waals surface area contributed by atoms with Gasteiger partial charge in [0.05, 0.1) is 17.3 Å². The maximum Gasteiger partial charge on any atom is 0.230 e. The number of halogens is 1. The third-order valence-corrected chi connectivity index (χ3v) is 4.62. The number of thioether (sulfide) groups is 1. The largest absolute Gasteiger partial charge is 0.490 e. The van der Waals surface area contributed by atoms with Gasteiger partial charge in [0.1, 0.15) is 12.4 Å². The van der Waals surface area contributed by atoms with Crippen molar-refractivity contribution in [1.29, 1.82) is 0 Å². The highest BCUT2D eigenvalue weighted by Crippen LogP contribution is 2.22. The van der Waals surface area contributed by atoms with Gasteiger partial charge in [0.2, 0.25) is 5.91 Å². The number of amides is 1. The van der Waals surface area contributed by atoms with Gasteiger partial charge in [0, 0.05) is 5.75 Å². The SMILES string of the molecule is Cc1cc(C)cc(CSCC(=O)NCCOc2ccccc2Cl)c1. The first kappa shape index (κ1) is 18.7. The lowest BCUT2D eigenvalue weighted by molar-refractivity contribution is -0.118. The molecule has 1 amide bonds. The summed E-state index contributed by atoms with van der Waals surface area (Å²) < 4.78 is 5.53. The third kappa shape index (κ3) is 6.46. The molecule has 3 nitrogen and oxygen atoms in total. The van der Waals surface area contributed by atoms with Crippen LogP contribution in [0.1, 0.15) is 16.7 Å². The standard InChI is InChI=1S/C19H22ClNO2S/c1-14-9-15(2)11-16(10-14)12-24-13-19(22)21-7-8-23-18-6-4-3-5-17(18)20/h3-6,9-11H,7-8,12-13H2,1-2H3,(H,21,22). The summed E-state index contributed by atoms with van der Waals surface area (Å²) in [6.07, 6.45) is 0. The molecule has 0 aliphatic rings. The lowest BCUT2D eigenvalue weighted by atomic mass is 10.1. The molecule has 2 aromatic rings. The molecule has 0 saturated carbocycles. The molecule has 0 aromatic heterocycles. The molecule has 2 rings (SSSR count). The van der Waals surface area contributed by atoms with Gasteiger partial charge < -0.3 is 10.1 Å². The van der Waals surface area contributed by atoms with Crippen LogP contribution in [0, 0.1) is 13.8 Å². The number of nitrogens with one attached hydrogen (secondary N) is 1. The minimum atomic E-state index is 0.0205. The van der Waals surface area contributed by atoms with E-state index in [0.29, 0.717) is 29.7 Å². The lowest BCUT2D eigenvalue weighted by Crippen LogP contribution is -2.29. The van der Waals surface area contributed by atoms with Crippen molar-refractivity contribution >= 4 is 29.3 Å². The van der Waals surface area contributed by atoms with Crippen molar-refractivity contribution in [1.82, 2.24) is 5.32 Å². The van der Waals surface area contributed by atoms with E-state index >= 15 is 0 Å². The predicted octanol–water partition coefficient (Wildman–Crippen LogP) is 4.39. The molecule has 0 heterocycles. The second-order valence-electron chi connectivity index (χ2n) is 5.62. The van der Waals surface area contributed by atoms with Crippen LogP contribution in [0.15, 0.2) is 42.5 Å². The molecule has 0 aliphatic carbocycles. The summed E-state index contributed by atoms with van der Waals surface area (Å²) in [4.78, 5) is 11.8. The Morgan fingerprint density at radius 2 is 1.88 bits per heavy atom. The van der Waals surface area contributed by atoms with Gasteiger partial charge in [-0.2, -0.15) is 0 Å². The van der Waals surface area contributed by atoms with Crippen LogP contribution in [0.5, 0.6) is 5.75 Å². The molecular weight excluding hydrogens is 342 g/mol. The Labute approximate surface area is 152 Å². The van der Waals surface area contributed by atoms with Crippen molar-refractivity contribution in [3.63, 3.8) is 0 Å². The van der Waals surface area contributed by atoms with Gasteiger partial charge in [0.25, 0.3) is 0 Å². The first-order valence-electron chi connectivity index (χ1n) is 7.83. The fourth-order valence-electron chi connectivity index (χ4n) is 2.38. The van der Waals surface area contributed by atoms with Crippen LogP contribution in [0.25, 0.3) is 0 Å². The molecule has 0 fully saturated rings. The zero-order valence-corrected chi connectivity index (χ0v) is 15.5. The number of carbonyl (C=O) groups is 1. The Bertz CT molecular complexity index is 671. The Morgan fingerprint density at radius 3 is 2.58 bits per heavy atom. The zero-order valence-electron chi connectivity index (χ0n) is 14.0. The average molecular weight is 364 g/mol. The van der Waals surface area contributed by atoms with Crippen LogP contribution in [0.2, 0.25) is 5.02 Å². The van der Waals surface area contributed by atoms with Crippen molar-refractivity contribution in [3.05, 3.63) is 64.2 Å². The van der Waals surface area contributed by atoms with Crippen LogP contribution in [0.3, 0.4) is 0 Å². The number of rotatable bonds is 8. The van der Waals surface area contributed by atoms with Gasteiger partial charge in [-0.25, -0.2) is 0 Å². The van der Waals surface area contributed by atoms with Crippen LogP contribution < -0.4 is 10.1 Å². The van der Waals surface area contributed by atoms with E-state index in [4.69, 9.17) is 16.3 Å². The van der Waals surface area contributed by atoms with Crippen LogP contribution in [0.4, 0.5) is 0 Å². The van der Waals surface area contributed by atoms with E-state index in [-0.39, 0.29) is 5.91 Å². The Balaban J connectivity index is 1.62. The molecule has 0 spiro atoms. The highest BCUT2D eigenvalue weighted by Gasteiger charge is 2.04. The van der Waals surface area contributed by atoms with Crippen molar-refractivity contribution in [2.24, 2.45) is 0 Å². The molecule has 1 N–H and O–H groups in total. The first-order chi connectivity index (χ1) is 11.5. The number of aryl methyl sites for hydroxylation is 2. The summed E-state index contributed by atoms with van der Waals surface area (Å²) in [5.74, 6) is 1.94. The molecule has 2 aromatic carbocycles. The number of benzene rings is 2. The van der Waals surface area contributed by atoms with E-state index in [0.717, 1.165) is 5.75 Å².